The number of halogens is 1. The van der Waals surface area contributed by atoms with Crippen molar-refractivity contribution >= 4 is 11.7 Å². The minimum absolute atomic E-state index is 0.186. The van der Waals surface area contributed by atoms with Crippen LogP contribution < -0.4 is 15.5 Å². The molecule has 112 valence electrons. The topological polar surface area (TPSA) is 71.4 Å². The number of hydrogen-bond acceptors (Lipinski definition) is 6. The van der Waals surface area contributed by atoms with E-state index in [1.165, 1.54) is 6.07 Å². The number of aromatic nitrogens is 2. The molecule has 0 spiro atoms. The summed E-state index contributed by atoms with van der Waals surface area (Å²) in [4.78, 5) is 4.05. The Balaban J connectivity index is 1.63. The molecule has 0 aliphatic carbocycles. The van der Waals surface area contributed by atoms with Gasteiger partial charge in [-0.05, 0) is 12.1 Å². The fraction of sp³-hybridized carbons (Fsp3) is 0.429. The molecule has 0 radical (unpaired) electrons. The highest BCUT2D eigenvalue weighted by molar-refractivity contribution is 5.49. The van der Waals surface area contributed by atoms with Gasteiger partial charge in [-0.3, -0.25) is 0 Å². The van der Waals surface area contributed by atoms with E-state index >= 15 is 0 Å². The van der Waals surface area contributed by atoms with Crippen LogP contribution in [-0.4, -0.2) is 42.9 Å². The molecule has 7 heteroatoms. The SMILES string of the molecule is NCCc1nnc(N2CCN(c3ccccc3F)CC2)o1. The quantitative estimate of drug-likeness (QED) is 0.907. The van der Waals surface area contributed by atoms with Gasteiger partial charge in [-0.1, -0.05) is 17.2 Å². The Morgan fingerprint density at radius 2 is 1.81 bits per heavy atom. The minimum atomic E-state index is -0.186. The second-order valence-electron chi connectivity index (χ2n) is 4.94. The van der Waals surface area contributed by atoms with Crippen molar-refractivity contribution < 1.29 is 8.81 Å². The van der Waals surface area contributed by atoms with Gasteiger partial charge in [-0.2, -0.15) is 0 Å². The van der Waals surface area contributed by atoms with Crippen molar-refractivity contribution in [1.82, 2.24) is 10.2 Å². The molecule has 0 bridgehead atoms. The van der Waals surface area contributed by atoms with Gasteiger partial charge in [0, 0.05) is 39.1 Å². The molecule has 2 N–H and O–H groups in total. The van der Waals surface area contributed by atoms with Crippen molar-refractivity contribution in [1.29, 1.82) is 0 Å². The molecule has 6 nitrogen and oxygen atoms in total. The molecule has 0 unspecified atom stereocenters. The molecular formula is C14H18FN5O. The van der Waals surface area contributed by atoms with Gasteiger partial charge in [-0.25, -0.2) is 4.39 Å². The summed E-state index contributed by atoms with van der Waals surface area (Å²) in [5.74, 6) is 0.373. The van der Waals surface area contributed by atoms with Crippen LogP contribution in [0.25, 0.3) is 0 Å². The van der Waals surface area contributed by atoms with Crippen LogP contribution >= 0.6 is 0 Å². The summed E-state index contributed by atoms with van der Waals surface area (Å²) in [7, 11) is 0. The number of anilines is 2. The van der Waals surface area contributed by atoms with Gasteiger partial charge in [0.05, 0.1) is 5.69 Å². The highest BCUT2D eigenvalue weighted by Crippen LogP contribution is 2.22. The largest absolute Gasteiger partial charge is 0.408 e. The molecule has 2 aromatic rings. The Bertz CT molecular complexity index is 595. The number of nitrogens with two attached hydrogens (primary N) is 1. The summed E-state index contributed by atoms with van der Waals surface area (Å²) in [6.45, 7) is 3.37. The molecule has 1 aromatic heterocycles. The van der Waals surface area contributed by atoms with Crippen LogP contribution in [0.15, 0.2) is 28.7 Å². The third-order valence-corrected chi connectivity index (χ3v) is 3.56. The normalized spacial score (nSPS) is 15.5. The van der Waals surface area contributed by atoms with Gasteiger partial charge in [0.15, 0.2) is 0 Å². The Kier molecular flexibility index (Phi) is 4.01. The fourth-order valence-corrected chi connectivity index (χ4v) is 2.44. The van der Waals surface area contributed by atoms with Crippen LogP contribution in [0.5, 0.6) is 0 Å². The lowest BCUT2D eigenvalue weighted by molar-refractivity contribution is 0.474. The van der Waals surface area contributed by atoms with E-state index in [1.807, 2.05) is 15.9 Å². The first-order chi connectivity index (χ1) is 10.3. The predicted molar refractivity (Wildman–Crippen MR) is 77.9 cm³/mol. The number of piperazine rings is 1. The molecule has 0 saturated carbocycles. The molecular weight excluding hydrogens is 273 g/mol. The second kappa shape index (κ2) is 6.09. The van der Waals surface area contributed by atoms with E-state index in [9.17, 15) is 4.39 Å². The maximum absolute atomic E-state index is 13.8. The molecule has 0 atom stereocenters. The lowest BCUT2D eigenvalue weighted by Crippen LogP contribution is -2.47. The summed E-state index contributed by atoms with van der Waals surface area (Å²) in [6.07, 6.45) is 0.586. The molecule has 1 aliphatic heterocycles. The van der Waals surface area contributed by atoms with E-state index in [0.29, 0.717) is 30.6 Å². The maximum atomic E-state index is 13.8. The van der Waals surface area contributed by atoms with Crippen LogP contribution in [0.2, 0.25) is 0 Å². The Morgan fingerprint density at radius 1 is 1.10 bits per heavy atom. The lowest BCUT2D eigenvalue weighted by Gasteiger charge is -2.35. The van der Waals surface area contributed by atoms with Gasteiger partial charge >= 0.3 is 6.01 Å². The van der Waals surface area contributed by atoms with E-state index in [0.717, 1.165) is 26.2 Å². The number of rotatable bonds is 4. The first kappa shape index (κ1) is 13.8. The van der Waals surface area contributed by atoms with E-state index in [1.54, 1.807) is 12.1 Å². The van der Waals surface area contributed by atoms with Crippen molar-refractivity contribution in [2.75, 3.05) is 42.5 Å². The van der Waals surface area contributed by atoms with Crippen molar-refractivity contribution in [2.24, 2.45) is 5.73 Å². The zero-order valence-corrected chi connectivity index (χ0v) is 11.7. The van der Waals surface area contributed by atoms with Gasteiger partial charge in [-0.15, -0.1) is 5.10 Å². The molecule has 1 aromatic carbocycles. The molecule has 1 saturated heterocycles. The summed E-state index contributed by atoms with van der Waals surface area (Å²) < 4.78 is 19.3. The molecule has 1 fully saturated rings. The van der Waals surface area contributed by atoms with Crippen LogP contribution in [0.4, 0.5) is 16.1 Å². The zero-order chi connectivity index (χ0) is 14.7. The Labute approximate surface area is 122 Å². The van der Waals surface area contributed by atoms with Crippen molar-refractivity contribution in [3.8, 4) is 0 Å². The summed E-state index contributed by atoms with van der Waals surface area (Å²) in [5.41, 5.74) is 6.11. The van der Waals surface area contributed by atoms with Gasteiger partial charge in [0.2, 0.25) is 5.89 Å². The minimum Gasteiger partial charge on any atom is -0.408 e. The van der Waals surface area contributed by atoms with Gasteiger partial charge in [0.25, 0.3) is 0 Å². The molecule has 1 aliphatic rings. The highest BCUT2D eigenvalue weighted by atomic mass is 19.1. The zero-order valence-electron chi connectivity index (χ0n) is 11.7. The van der Waals surface area contributed by atoms with Crippen LogP contribution in [0.1, 0.15) is 5.89 Å². The van der Waals surface area contributed by atoms with Crippen LogP contribution in [-0.2, 0) is 6.42 Å². The van der Waals surface area contributed by atoms with Crippen LogP contribution in [0.3, 0.4) is 0 Å². The van der Waals surface area contributed by atoms with Crippen molar-refractivity contribution in [2.45, 2.75) is 6.42 Å². The van der Waals surface area contributed by atoms with Crippen molar-refractivity contribution in [3.63, 3.8) is 0 Å². The lowest BCUT2D eigenvalue weighted by atomic mass is 10.2. The number of nitrogens with zero attached hydrogens (tertiary/aromatic N) is 4. The average Bonchev–Trinajstić information content (AvgIpc) is 2.97. The summed E-state index contributed by atoms with van der Waals surface area (Å²) in [6, 6.07) is 7.36. The average molecular weight is 291 g/mol. The summed E-state index contributed by atoms with van der Waals surface area (Å²) >= 11 is 0. The van der Waals surface area contributed by atoms with E-state index in [4.69, 9.17) is 10.2 Å². The third-order valence-electron chi connectivity index (χ3n) is 3.56. The van der Waals surface area contributed by atoms with E-state index in [-0.39, 0.29) is 5.82 Å². The van der Waals surface area contributed by atoms with Gasteiger partial charge in [0.1, 0.15) is 5.82 Å². The molecule has 3 rings (SSSR count). The second-order valence-corrected chi connectivity index (χ2v) is 4.94. The Hall–Kier alpha value is -2.15. The number of para-hydroxylation sites is 1. The standard InChI is InChI=1S/C14H18FN5O/c15-11-3-1-2-4-12(11)19-7-9-20(10-8-19)14-18-17-13(21-14)5-6-16/h1-4H,5-10,16H2. The fourth-order valence-electron chi connectivity index (χ4n) is 2.44. The third kappa shape index (κ3) is 2.97. The summed E-state index contributed by atoms with van der Waals surface area (Å²) in [5, 5.41) is 8.00. The van der Waals surface area contributed by atoms with Gasteiger partial charge < -0.3 is 20.0 Å². The molecule has 2 heterocycles. The maximum Gasteiger partial charge on any atom is 0.318 e. The highest BCUT2D eigenvalue weighted by Gasteiger charge is 2.22. The smallest absolute Gasteiger partial charge is 0.318 e. The van der Waals surface area contributed by atoms with E-state index < -0.39 is 0 Å². The Morgan fingerprint density at radius 3 is 2.52 bits per heavy atom. The predicted octanol–water partition coefficient (Wildman–Crippen LogP) is 1.04. The van der Waals surface area contributed by atoms with E-state index in [2.05, 4.69) is 10.2 Å². The first-order valence-electron chi connectivity index (χ1n) is 7.05. The number of benzene rings is 1. The van der Waals surface area contributed by atoms with Crippen molar-refractivity contribution in [3.05, 3.63) is 36.0 Å². The number of hydrogen-bond donors (Lipinski definition) is 1. The molecule has 0 amide bonds. The van der Waals surface area contributed by atoms with Crippen LogP contribution in [0, 0.1) is 5.82 Å². The molecule has 21 heavy (non-hydrogen) atoms. The monoisotopic (exact) mass is 291 g/mol. The first-order valence-corrected chi connectivity index (χ1v) is 7.05.